The van der Waals surface area contributed by atoms with Crippen LogP contribution in [-0.2, 0) is 10.0 Å². The standard InChI is InChI=1S/C14H21N3O3S/c1-16-14(18)11-5-7-12(8-6-11)21(19,20)17(2)13(9-15)10-3-4-10/h5-8,10,13H,3-4,9,15H2,1-2H3,(H,16,18). The molecule has 6 nitrogen and oxygen atoms in total. The van der Waals surface area contributed by atoms with Gasteiger partial charge in [-0.1, -0.05) is 0 Å². The van der Waals surface area contributed by atoms with E-state index in [9.17, 15) is 13.2 Å². The Morgan fingerprint density at radius 2 is 1.95 bits per heavy atom. The SMILES string of the molecule is CNC(=O)c1ccc(S(=O)(=O)N(C)C(CN)C2CC2)cc1. The van der Waals surface area contributed by atoms with Crippen molar-refractivity contribution in [3.63, 3.8) is 0 Å². The van der Waals surface area contributed by atoms with Gasteiger partial charge in [0, 0.05) is 32.2 Å². The second-order valence-electron chi connectivity index (χ2n) is 5.27. The Balaban J connectivity index is 2.24. The molecule has 1 fully saturated rings. The third-order valence-electron chi connectivity index (χ3n) is 3.90. The topological polar surface area (TPSA) is 92.5 Å². The molecule has 1 aromatic carbocycles. The third kappa shape index (κ3) is 3.25. The first-order valence-electron chi connectivity index (χ1n) is 6.92. The lowest BCUT2D eigenvalue weighted by atomic mass is 10.2. The summed E-state index contributed by atoms with van der Waals surface area (Å²) < 4.78 is 26.5. The summed E-state index contributed by atoms with van der Waals surface area (Å²) in [6.07, 6.45) is 2.05. The Hall–Kier alpha value is -1.44. The molecule has 0 saturated heterocycles. The van der Waals surface area contributed by atoms with Crippen LogP contribution in [0.25, 0.3) is 0 Å². The average molecular weight is 311 g/mol. The van der Waals surface area contributed by atoms with Gasteiger partial charge in [0.25, 0.3) is 5.91 Å². The Morgan fingerprint density at radius 1 is 1.38 bits per heavy atom. The van der Waals surface area contributed by atoms with Gasteiger partial charge in [-0.05, 0) is 43.0 Å². The van der Waals surface area contributed by atoms with Gasteiger partial charge in [0.15, 0.2) is 0 Å². The molecule has 116 valence electrons. The molecule has 0 aliphatic heterocycles. The van der Waals surface area contributed by atoms with Crippen LogP contribution >= 0.6 is 0 Å². The molecule has 3 N–H and O–H groups in total. The van der Waals surface area contributed by atoms with Crippen molar-refractivity contribution in [2.24, 2.45) is 11.7 Å². The van der Waals surface area contributed by atoms with Crippen LogP contribution in [0.1, 0.15) is 23.2 Å². The highest BCUT2D eigenvalue weighted by Crippen LogP contribution is 2.36. The number of sulfonamides is 1. The number of nitrogens with two attached hydrogens (primary N) is 1. The molecule has 1 saturated carbocycles. The zero-order chi connectivity index (χ0) is 15.6. The van der Waals surface area contributed by atoms with E-state index in [1.165, 1.54) is 35.6 Å². The van der Waals surface area contributed by atoms with Crippen LogP contribution in [0.2, 0.25) is 0 Å². The second-order valence-corrected chi connectivity index (χ2v) is 7.26. The van der Waals surface area contributed by atoms with E-state index < -0.39 is 10.0 Å². The highest BCUT2D eigenvalue weighted by atomic mass is 32.2. The van der Waals surface area contributed by atoms with Crippen molar-refractivity contribution in [3.8, 4) is 0 Å². The number of carbonyl (C=O) groups is 1. The number of hydrogen-bond donors (Lipinski definition) is 2. The molecule has 0 spiro atoms. The summed E-state index contributed by atoms with van der Waals surface area (Å²) in [4.78, 5) is 11.7. The molecule has 1 aliphatic rings. The number of nitrogens with one attached hydrogen (secondary N) is 1. The largest absolute Gasteiger partial charge is 0.355 e. The maximum Gasteiger partial charge on any atom is 0.251 e. The highest BCUT2D eigenvalue weighted by Gasteiger charge is 2.38. The molecule has 0 radical (unpaired) electrons. The summed E-state index contributed by atoms with van der Waals surface area (Å²) in [5, 5.41) is 2.50. The number of benzene rings is 1. The molecule has 0 bridgehead atoms. The Labute approximate surface area is 125 Å². The van der Waals surface area contributed by atoms with Crippen LogP contribution in [0.5, 0.6) is 0 Å². The summed E-state index contributed by atoms with van der Waals surface area (Å²) in [7, 11) is -0.486. The molecular formula is C14H21N3O3S. The van der Waals surface area contributed by atoms with E-state index >= 15 is 0 Å². The molecule has 1 amide bonds. The van der Waals surface area contributed by atoms with Crippen LogP contribution in [0, 0.1) is 5.92 Å². The van der Waals surface area contributed by atoms with Gasteiger partial charge in [0.1, 0.15) is 0 Å². The van der Waals surface area contributed by atoms with Crippen LogP contribution in [-0.4, -0.2) is 45.3 Å². The second kappa shape index (κ2) is 6.13. The Morgan fingerprint density at radius 3 is 2.38 bits per heavy atom. The number of rotatable bonds is 6. The monoisotopic (exact) mass is 311 g/mol. The smallest absolute Gasteiger partial charge is 0.251 e. The fourth-order valence-electron chi connectivity index (χ4n) is 2.39. The minimum absolute atomic E-state index is 0.159. The summed E-state index contributed by atoms with van der Waals surface area (Å²) in [5.41, 5.74) is 6.14. The van der Waals surface area contributed by atoms with Crippen molar-refractivity contribution in [2.45, 2.75) is 23.8 Å². The predicted octanol–water partition coefficient (Wildman–Crippen LogP) is 0.404. The highest BCUT2D eigenvalue weighted by molar-refractivity contribution is 7.89. The maximum atomic E-state index is 12.6. The van der Waals surface area contributed by atoms with Gasteiger partial charge in [0.05, 0.1) is 4.90 Å². The molecule has 0 heterocycles. The predicted molar refractivity (Wildman–Crippen MR) is 80.3 cm³/mol. The molecule has 1 aliphatic carbocycles. The first-order valence-corrected chi connectivity index (χ1v) is 8.36. The van der Waals surface area contributed by atoms with Crippen molar-refractivity contribution in [2.75, 3.05) is 20.6 Å². The summed E-state index contributed by atoms with van der Waals surface area (Å²) in [6, 6.07) is 5.77. The number of nitrogens with zero attached hydrogens (tertiary/aromatic N) is 1. The molecule has 0 aromatic heterocycles. The minimum atomic E-state index is -3.58. The first-order chi connectivity index (χ1) is 9.91. The van der Waals surface area contributed by atoms with Gasteiger partial charge < -0.3 is 11.1 Å². The van der Waals surface area contributed by atoms with Crippen molar-refractivity contribution in [1.29, 1.82) is 0 Å². The molecule has 21 heavy (non-hydrogen) atoms. The van der Waals surface area contributed by atoms with E-state index in [0.29, 0.717) is 18.0 Å². The van der Waals surface area contributed by atoms with Crippen LogP contribution < -0.4 is 11.1 Å². The van der Waals surface area contributed by atoms with Gasteiger partial charge in [-0.25, -0.2) is 8.42 Å². The van der Waals surface area contributed by atoms with Crippen molar-refractivity contribution < 1.29 is 13.2 Å². The van der Waals surface area contributed by atoms with Crippen LogP contribution in [0.15, 0.2) is 29.2 Å². The van der Waals surface area contributed by atoms with Gasteiger partial charge in [0.2, 0.25) is 10.0 Å². The zero-order valence-electron chi connectivity index (χ0n) is 12.2. The van der Waals surface area contributed by atoms with Crippen molar-refractivity contribution in [3.05, 3.63) is 29.8 Å². The summed E-state index contributed by atoms with van der Waals surface area (Å²) in [6.45, 7) is 0.316. The Bertz CT molecular complexity index is 609. The molecule has 1 unspecified atom stereocenters. The Kier molecular flexibility index (Phi) is 4.65. The third-order valence-corrected chi connectivity index (χ3v) is 5.79. The fraction of sp³-hybridized carbons (Fsp3) is 0.500. The average Bonchev–Trinajstić information content (AvgIpc) is 3.32. The van der Waals surface area contributed by atoms with E-state index in [0.717, 1.165) is 12.8 Å². The van der Waals surface area contributed by atoms with Crippen molar-refractivity contribution in [1.82, 2.24) is 9.62 Å². The van der Waals surface area contributed by atoms with E-state index in [-0.39, 0.29) is 16.8 Å². The van der Waals surface area contributed by atoms with Gasteiger partial charge in [-0.3, -0.25) is 4.79 Å². The molecular weight excluding hydrogens is 290 g/mol. The number of carbonyl (C=O) groups excluding carboxylic acids is 1. The molecule has 7 heteroatoms. The van der Waals surface area contributed by atoms with Crippen molar-refractivity contribution >= 4 is 15.9 Å². The molecule has 2 rings (SSSR count). The first kappa shape index (κ1) is 15.9. The number of amides is 1. The molecule has 1 aromatic rings. The van der Waals surface area contributed by atoms with Crippen LogP contribution in [0.3, 0.4) is 0 Å². The van der Waals surface area contributed by atoms with Crippen LogP contribution in [0.4, 0.5) is 0 Å². The minimum Gasteiger partial charge on any atom is -0.355 e. The lowest BCUT2D eigenvalue weighted by Gasteiger charge is -2.26. The van der Waals surface area contributed by atoms with E-state index in [1.54, 1.807) is 7.05 Å². The quantitative estimate of drug-likeness (QED) is 0.795. The zero-order valence-corrected chi connectivity index (χ0v) is 13.1. The number of hydrogen-bond acceptors (Lipinski definition) is 4. The van der Waals surface area contributed by atoms with Gasteiger partial charge in [-0.2, -0.15) is 4.31 Å². The van der Waals surface area contributed by atoms with Gasteiger partial charge in [-0.15, -0.1) is 0 Å². The van der Waals surface area contributed by atoms with E-state index in [4.69, 9.17) is 5.73 Å². The fourth-order valence-corrected chi connectivity index (χ4v) is 3.81. The lowest BCUT2D eigenvalue weighted by molar-refractivity contribution is 0.0963. The lowest BCUT2D eigenvalue weighted by Crippen LogP contribution is -2.43. The normalized spacial score (nSPS) is 16.8. The molecule has 1 atom stereocenters. The van der Waals surface area contributed by atoms with Gasteiger partial charge >= 0.3 is 0 Å². The maximum absolute atomic E-state index is 12.6. The summed E-state index contributed by atoms with van der Waals surface area (Å²) in [5.74, 6) is 0.116. The summed E-state index contributed by atoms with van der Waals surface area (Å²) >= 11 is 0. The van der Waals surface area contributed by atoms with E-state index in [1.807, 2.05) is 0 Å². The number of likely N-dealkylation sites (N-methyl/N-ethyl adjacent to an activating group) is 1. The van der Waals surface area contributed by atoms with E-state index in [2.05, 4.69) is 5.32 Å².